The van der Waals surface area contributed by atoms with Crippen LogP contribution in [-0.2, 0) is 9.53 Å². The van der Waals surface area contributed by atoms with Crippen LogP contribution < -0.4 is 5.32 Å². The average Bonchev–Trinajstić information content (AvgIpc) is 2.62. The number of nitrogens with one attached hydrogen (secondary N) is 1. The van der Waals surface area contributed by atoms with Gasteiger partial charge in [-0.25, -0.2) is 9.78 Å². The van der Waals surface area contributed by atoms with E-state index >= 15 is 0 Å². The van der Waals surface area contributed by atoms with E-state index in [1.54, 1.807) is 36.4 Å². The van der Waals surface area contributed by atoms with Gasteiger partial charge in [-0.3, -0.25) is 4.79 Å². The first-order chi connectivity index (χ1) is 12.4. The molecule has 0 radical (unpaired) electrons. The molecule has 0 aliphatic rings. The second kappa shape index (κ2) is 7.54. The number of benzene rings is 2. The SMILES string of the molecule is Cc1ccc(NC(=O)[C@@H](C)OC(=O)c2cc(Cl)nc3ccccc23)cc1. The number of halogens is 1. The second-order valence-electron chi connectivity index (χ2n) is 5.91. The fourth-order valence-electron chi connectivity index (χ4n) is 2.47. The van der Waals surface area contributed by atoms with Crippen LogP contribution in [-0.4, -0.2) is 23.0 Å². The molecule has 1 N–H and O–H groups in total. The van der Waals surface area contributed by atoms with Crippen LogP contribution in [0.3, 0.4) is 0 Å². The Bertz CT molecular complexity index is 970. The Hall–Kier alpha value is -2.92. The molecule has 1 amide bonds. The molecule has 26 heavy (non-hydrogen) atoms. The number of hydrogen-bond donors (Lipinski definition) is 1. The Kier molecular flexibility index (Phi) is 5.19. The van der Waals surface area contributed by atoms with Gasteiger partial charge in [0, 0.05) is 11.1 Å². The number of hydrogen-bond acceptors (Lipinski definition) is 4. The van der Waals surface area contributed by atoms with Gasteiger partial charge in [-0.2, -0.15) is 0 Å². The largest absolute Gasteiger partial charge is 0.449 e. The fourth-order valence-corrected chi connectivity index (χ4v) is 2.67. The number of ether oxygens (including phenoxy) is 1. The zero-order valence-corrected chi connectivity index (χ0v) is 15.1. The lowest BCUT2D eigenvalue weighted by atomic mass is 10.1. The van der Waals surface area contributed by atoms with Crippen molar-refractivity contribution in [1.29, 1.82) is 0 Å². The number of pyridine rings is 1. The van der Waals surface area contributed by atoms with Gasteiger partial charge in [0.1, 0.15) is 5.15 Å². The van der Waals surface area contributed by atoms with Crippen molar-refractivity contribution in [3.63, 3.8) is 0 Å². The summed E-state index contributed by atoms with van der Waals surface area (Å²) < 4.78 is 5.32. The molecule has 2 aromatic carbocycles. The van der Waals surface area contributed by atoms with E-state index in [4.69, 9.17) is 16.3 Å². The molecule has 3 rings (SSSR count). The maximum absolute atomic E-state index is 12.5. The van der Waals surface area contributed by atoms with Crippen molar-refractivity contribution < 1.29 is 14.3 Å². The van der Waals surface area contributed by atoms with Crippen LogP contribution >= 0.6 is 11.6 Å². The van der Waals surface area contributed by atoms with Gasteiger partial charge in [-0.1, -0.05) is 47.5 Å². The molecule has 0 saturated carbocycles. The summed E-state index contributed by atoms with van der Waals surface area (Å²) in [6, 6.07) is 15.9. The van der Waals surface area contributed by atoms with Crippen LogP contribution in [0, 0.1) is 6.92 Å². The van der Waals surface area contributed by atoms with Crippen molar-refractivity contribution in [1.82, 2.24) is 4.98 Å². The molecule has 0 unspecified atom stereocenters. The van der Waals surface area contributed by atoms with E-state index in [2.05, 4.69) is 10.3 Å². The Balaban J connectivity index is 1.75. The van der Waals surface area contributed by atoms with Gasteiger partial charge >= 0.3 is 5.97 Å². The zero-order valence-electron chi connectivity index (χ0n) is 14.3. The molecule has 1 atom stereocenters. The third-order valence-electron chi connectivity index (χ3n) is 3.88. The molecule has 132 valence electrons. The number of fused-ring (bicyclic) bond motifs is 1. The first kappa shape index (κ1) is 17.9. The van der Waals surface area contributed by atoms with Crippen molar-refractivity contribution in [3.05, 3.63) is 70.9 Å². The highest BCUT2D eigenvalue weighted by molar-refractivity contribution is 6.30. The van der Waals surface area contributed by atoms with Crippen LogP contribution in [0.2, 0.25) is 5.15 Å². The van der Waals surface area contributed by atoms with Crippen LogP contribution in [0.15, 0.2) is 54.6 Å². The Morgan fingerprint density at radius 1 is 1.12 bits per heavy atom. The van der Waals surface area contributed by atoms with E-state index in [1.807, 2.05) is 19.1 Å². The number of para-hydroxylation sites is 1. The van der Waals surface area contributed by atoms with Crippen LogP contribution in [0.4, 0.5) is 5.69 Å². The Morgan fingerprint density at radius 3 is 2.54 bits per heavy atom. The predicted molar refractivity (Wildman–Crippen MR) is 101 cm³/mol. The minimum atomic E-state index is -0.963. The van der Waals surface area contributed by atoms with E-state index in [1.165, 1.54) is 13.0 Å². The molecule has 0 spiro atoms. The second-order valence-corrected chi connectivity index (χ2v) is 6.30. The number of carbonyl (C=O) groups excluding carboxylic acids is 2. The lowest BCUT2D eigenvalue weighted by Gasteiger charge is -2.14. The van der Waals surface area contributed by atoms with Crippen LogP contribution in [0.1, 0.15) is 22.8 Å². The molecule has 6 heteroatoms. The quantitative estimate of drug-likeness (QED) is 0.548. The highest BCUT2D eigenvalue weighted by Crippen LogP contribution is 2.22. The molecule has 0 saturated heterocycles. The summed E-state index contributed by atoms with van der Waals surface area (Å²) in [5.41, 5.74) is 2.59. The summed E-state index contributed by atoms with van der Waals surface area (Å²) in [5.74, 6) is -1.04. The maximum Gasteiger partial charge on any atom is 0.339 e. The molecule has 0 fully saturated rings. The number of anilines is 1. The van der Waals surface area contributed by atoms with Crippen molar-refractivity contribution in [3.8, 4) is 0 Å². The summed E-state index contributed by atoms with van der Waals surface area (Å²) in [6.07, 6.45) is -0.963. The lowest BCUT2D eigenvalue weighted by molar-refractivity contribution is -0.123. The number of rotatable bonds is 4. The molecule has 0 aliphatic heterocycles. The standard InChI is InChI=1S/C20H17ClN2O3/c1-12-7-9-14(10-8-12)22-19(24)13(2)26-20(25)16-11-18(21)23-17-6-4-3-5-15(16)17/h3-11,13H,1-2H3,(H,22,24)/t13-/m1/s1. The van der Waals surface area contributed by atoms with Gasteiger partial charge in [0.2, 0.25) is 0 Å². The topological polar surface area (TPSA) is 68.3 Å². The number of esters is 1. The van der Waals surface area contributed by atoms with Crippen molar-refractivity contribution in [2.24, 2.45) is 0 Å². The Morgan fingerprint density at radius 2 is 1.81 bits per heavy atom. The number of aromatic nitrogens is 1. The molecular weight excluding hydrogens is 352 g/mol. The molecule has 0 bridgehead atoms. The van der Waals surface area contributed by atoms with Gasteiger partial charge in [0.05, 0.1) is 11.1 Å². The molecule has 5 nitrogen and oxygen atoms in total. The first-order valence-electron chi connectivity index (χ1n) is 8.08. The molecule has 1 heterocycles. The van der Waals surface area contributed by atoms with Crippen molar-refractivity contribution in [2.75, 3.05) is 5.32 Å². The third-order valence-corrected chi connectivity index (χ3v) is 4.07. The van der Waals surface area contributed by atoms with E-state index in [0.29, 0.717) is 16.6 Å². The summed E-state index contributed by atoms with van der Waals surface area (Å²) in [6.45, 7) is 3.48. The molecular formula is C20H17ClN2O3. The average molecular weight is 369 g/mol. The van der Waals surface area contributed by atoms with Crippen molar-refractivity contribution in [2.45, 2.75) is 20.0 Å². The molecule has 0 aliphatic carbocycles. The summed E-state index contributed by atoms with van der Waals surface area (Å²) in [7, 11) is 0. The minimum Gasteiger partial charge on any atom is -0.449 e. The van der Waals surface area contributed by atoms with Gasteiger partial charge < -0.3 is 10.1 Å². The van der Waals surface area contributed by atoms with Crippen LogP contribution in [0.5, 0.6) is 0 Å². The molecule has 1 aromatic heterocycles. The predicted octanol–water partition coefficient (Wildman–Crippen LogP) is 4.38. The summed E-state index contributed by atoms with van der Waals surface area (Å²) in [4.78, 5) is 29.0. The highest BCUT2D eigenvalue weighted by Gasteiger charge is 2.21. The number of aryl methyl sites for hydroxylation is 1. The summed E-state index contributed by atoms with van der Waals surface area (Å²) in [5, 5.41) is 3.53. The first-order valence-corrected chi connectivity index (χ1v) is 8.45. The zero-order chi connectivity index (χ0) is 18.7. The van der Waals surface area contributed by atoms with Gasteiger partial charge in [-0.15, -0.1) is 0 Å². The number of amides is 1. The minimum absolute atomic E-state index is 0.187. The van der Waals surface area contributed by atoms with E-state index in [-0.39, 0.29) is 10.7 Å². The monoisotopic (exact) mass is 368 g/mol. The Labute approximate surface area is 156 Å². The van der Waals surface area contributed by atoms with Gasteiger partial charge in [0.15, 0.2) is 6.10 Å². The molecule has 3 aromatic rings. The number of nitrogens with zero attached hydrogens (tertiary/aromatic N) is 1. The third kappa shape index (κ3) is 4.00. The smallest absolute Gasteiger partial charge is 0.339 e. The van der Waals surface area contributed by atoms with Crippen LogP contribution in [0.25, 0.3) is 10.9 Å². The highest BCUT2D eigenvalue weighted by atomic mass is 35.5. The summed E-state index contributed by atoms with van der Waals surface area (Å²) >= 11 is 5.99. The van der Waals surface area contributed by atoms with E-state index < -0.39 is 18.0 Å². The lowest BCUT2D eigenvalue weighted by Crippen LogP contribution is -2.30. The number of carbonyl (C=O) groups is 2. The normalized spacial score (nSPS) is 11.8. The maximum atomic E-state index is 12.5. The van der Waals surface area contributed by atoms with E-state index in [9.17, 15) is 9.59 Å². The fraction of sp³-hybridized carbons (Fsp3) is 0.150. The van der Waals surface area contributed by atoms with Gasteiger partial charge in [0.25, 0.3) is 5.91 Å². The van der Waals surface area contributed by atoms with E-state index in [0.717, 1.165) is 5.56 Å². The van der Waals surface area contributed by atoms with Crippen molar-refractivity contribution >= 4 is 40.1 Å². The van der Waals surface area contributed by atoms with Gasteiger partial charge in [-0.05, 0) is 38.1 Å².